The van der Waals surface area contributed by atoms with Crippen molar-refractivity contribution in [2.75, 3.05) is 14.2 Å². The van der Waals surface area contributed by atoms with Gasteiger partial charge in [0.15, 0.2) is 0 Å². The number of hydrogen-bond donors (Lipinski definition) is 0. The van der Waals surface area contributed by atoms with Gasteiger partial charge < -0.3 is 14.2 Å². The van der Waals surface area contributed by atoms with E-state index in [1.54, 1.807) is 29.8 Å². The SMILES string of the molecule is COC(=O)c1c(OC)cccc1Oc1ccc(F)cc1CC(=O)Cc1nccs1. The Kier molecular flexibility index (Phi) is 6.56. The highest BCUT2D eigenvalue weighted by molar-refractivity contribution is 7.09. The van der Waals surface area contributed by atoms with Crippen LogP contribution in [0.4, 0.5) is 4.39 Å². The third kappa shape index (κ3) is 4.97. The Morgan fingerprint density at radius 2 is 1.86 bits per heavy atom. The van der Waals surface area contributed by atoms with Crippen molar-refractivity contribution >= 4 is 23.1 Å². The third-order valence-electron chi connectivity index (χ3n) is 4.06. The zero-order valence-corrected chi connectivity index (χ0v) is 16.6. The first-order valence-electron chi connectivity index (χ1n) is 8.63. The highest BCUT2D eigenvalue weighted by atomic mass is 32.1. The number of nitrogens with zero attached hydrogens (tertiary/aromatic N) is 1. The lowest BCUT2D eigenvalue weighted by molar-refractivity contribution is -0.117. The van der Waals surface area contributed by atoms with Crippen molar-refractivity contribution in [2.45, 2.75) is 12.8 Å². The minimum atomic E-state index is -0.638. The van der Waals surface area contributed by atoms with Crippen molar-refractivity contribution in [3.05, 3.63) is 69.9 Å². The smallest absolute Gasteiger partial charge is 0.345 e. The van der Waals surface area contributed by atoms with Crippen molar-refractivity contribution in [1.82, 2.24) is 4.98 Å². The number of carbonyl (C=O) groups is 2. The van der Waals surface area contributed by atoms with Gasteiger partial charge >= 0.3 is 5.97 Å². The predicted octanol–water partition coefficient (Wildman–Crippen LogP) is 4.22. The molecule has 0 aliphatic carbocycles. The summed E-state index contributed by atoms with van der Waals surface area (Å²) < 4.78 is 29.7. The van der Waals surface area contributed by atoms with Gasteiger partial charge in [0.1, 0.15) is 34.4 Å². The van der Waals surface area contributed by atoms with E-state index in [-0.39, 0.29) is 41.4 Å². The van der Waals surface area contributed by atoms with E-state index in [1.807, 2.05) is 0 Å². The van der Waals surface area contributed by atoms with E-state index in [9.17, 15) is 14.0 Å². The average Bonchev–Trinajstić information content (AvgIpc) is 3.22. The molecule has 0 radical (unpaired) electrons. The van der Waals surface area contributed by atoms with Crippen LogP contribution in [0.2, 0.25) is 0 Å². The van der Waals surface area contributed by atoms with Gasteiger partial charge in [-0.25, -0.2) is 14.2 Å². The number of carbonyl (C=O) groups excluding carboxylic acids is 2. The molecule has 0 atom stereocenters. The van der Waals surface area contributed by atoms with Crippen molar-refractivity contribution < 1.29 is 28.2 Å². The zero-order valence-electron chi connectivity index (χ0n) is 15.8. The van der Waals surface area contributed by atoms with Crippen LogP contribution in [0.5, 0.6) is 17.2 Å². The van der Waals surface area contributed by atoms with Crippen LogP contribution in [0.15, 0.2) is 48.0 Å². The lowest BCUT2D eigenvalue weighted by Gasteiger charge is -2.15. The van der Waals surface area contributed by atoms with Gasteiger partial charge in [-0.15, -0.1) is 11.3 Å². The zero-order chi connectivity index (χ0) is 20.8. The quantitative estimate of drug-likeness (QED) is 0.513. The fourth-order valence-corrected chi connectivity index (χ4v) is 3.40. The molecule has 1 heterocycles. The van der Waals surface area contributed by atoms with Crippen molar-refractivity contribution in [3.8, 4) is 17.2 Å². The fraction of sp³-hybridized carbons (Fsp3) is 0.190. The minimum Gasteiger partial charge on any atom is -0.496 e. The second-order valence-electron chi connectivity index (χ2n) is 6.00. The normalized spacial score (nSPS) is 10.4. The number of methoxy groups -OCH3 is 2. The number of esters is 1. The molecule has 0 aliphatic rings. The summed E-state index contributed by atoms with van der Waals surface area (Å²) >= 11 is 1.38. The van der Waals surface area contributed by atoms with Gasteiger partial charge in [0.2, 0.25) is 0 Å². The third-order valence-corrected chi connectivity index (χ3v) is 4.84. The summed E-state index contributed by atoms with van der Waals surface area (Å²) in [7, 11) is 2.67. The fourth-order valence-electron chi connectivity index (χ4n) is 2.76. The molecular formula is C21H18FNO5S. The van der Waals surface area contributed by atoms with Crippen LogP contribution in [0, 0.1) is 5.82 Å². The maximum atomic E-state index is 13.8. The molecule has 0 fully saturated rings. The monoisotopic (exact) mass is 415 g/mol. The molecule has 0 unspecified atom stereocenters. The Labute approximate surface area is 170 Å². The molecule has 0 bridgehead atoms. The summed E-state index contributed by atoms with van der Waals surface area (Å²) in [6.45, 7) is 0. The molecule has 0 N–H and O–H groups in total. The first-order valence-corrected chi connectivity index (χ1v) is 9.51. The van der Waals surface area contributed by atoms with Gasteiger partial charge in [-0.3, -0.25) is 4.79 Å². The first-order chi connectivity index (χ1) is 14.0. The Morgan fingerprint density at radius 1 is 1.07 bits per heavy atom. The second-order valence-corrected chi connectivity index (χ2v) is 6.98. The van der Waals surface area contributed by atoms with Crippen LogP contribution >= 0.6 is 11.3 Å². The van der Waals surface area contributed by atoms with E-state index in [1.165, 1.54) is 43.8 Å². The van der Waals surface area contributed by atoms with E-state index in [0.717, 1.165) is 0 Å². The largest absolute Gasteiger partial charge is 0.496 e. The van der Waals surface area contributed by atoms with E-state index in [0.29, 0.717) is 10.6 Å². The molecule has 3 rings (SSSR count). The summed E-state index contributed by atoms with van der Waals surface area (Å²) in [4.78, 5) is 28.7. The number of Topliss-reactive ketones (excluding diaryl/α,β-unsaturated/α-hetero) is 1. The van der Waals surface area contributed by atoms with Crippen molar-refractivity contribution in [2.24, 2.45) is 0 Å². The number of benzene rings is 2. The number of rotatable bonds is 8. The molecule has 150 valence electrons. The standard InChI is InChI=1S/C21H18FNO5S/c1-26-17-4-3-5-18(20(17)21(25)27-2)28-16-7-6-14(22)10-13(16)11-15(24)12-19-23-8-9-29-19/h3-10H,11-12H2,1-2H3. The number of thiazole rings is 1. The van der Waals surface area contributed by atoms with E-state index in [2.05, 4.69) is 4.98 Å². The number of ketones is 1. The summed E-state index contributed by atoms with van der Waals surface area (Å²) in [5, 5.41) is 2.48. The Bertz CT molecular complexity index is 1020. The van der Waals surface area contributed by atoms with Gasteiger partial charge in [-0.1, -0.05) is 6.07 Å². The van der Waals surface area contributed by atoms with Crippen LogP contribution in [0.3, 0.4) is 0 Å². The molecule has 2 aromatic carbocycles. The van der Waals surface area contributed by atoms with Crippen LogP contribution in [-0.4, -0.2) is 31.0 Å². The van der Waals surface area contributed by atoms with Gasteiger partial charge in [0, 0.05) is 23.6 Å². The van der Waals surface area contributed by atoms with Crippen molar-refractivity contribution in [3.63, 3.8) is 0 Å². The molecule has 0 aliphatic heterocycles. The average molecular weight is 415 g/mol. The predicted molar refractivity (Wildman–Crippen MR) is 105 cm³/mol. The number of aromatic nitrogens is 1. The molecule has 8 heteroatoms. The Hall–Kier alpha value is -3.26. The summed E-state index contributed by atoms with van der Waals surface area (Å²) in [5.41, 5.74) is 0.465. The second kappa shape index (κ2) is 9.29. The number of hydrogen-bond acceptors (Lipinski definition) is 7. The van der Waals surface area contributed by atoms with E-state index in [4.69, 9.17) is 14.2 Å². The highest BCUT2D eigenvalue weighted by Gasteiger charge is 2.21. The van der Waals surface area contributed by atoms with Gasteiger partial charge in [0.05, 0.1) is 25.6 Å². The molecule has 0 saturated heterocycles. The molecule has 1 aromatic heterocycles. The molecule has 0 saturated carbocycles. The highest BCUT2D eigenvalue weighted by Crippen LogP contribution is 2.34. The molecular weight excluding hydrogens is 397 g/mol. The van der Waals surface area contributed by atoms with Crippen LogP contribution in [0.1, 0.15) is 20.9 Å². The number of halogens is 1. The molecule has 0 spiro atoms. The van der Waals surface area contributed by atoms with Gasteiger partial charge in [-0.05, 0) is 30.3 Å². The lowest BCUT2D eigenvalue weighted by atomic mass is 10.1. The molecule has 3 aromatic rings. The summed E-state index contributed by atoms with van der Waals surface area (Å²) in [5.74, 6) is -0.546. The topological polar surface area (TPSA) is 74.7 Å². The number of ether oxygens (including phenoxy) is 3. The van der Waals surface area contributed by atoms with Gasteiger partial charge in [-0.2, -0.15) is 0 Å². The molecule has 0 amide bonds. The summed E-state index contributed by atoms with van der Waals surface area (Å²) in [6.07, 6.45) is 1.74. The summed E-state index contributed by atoms with van der Waals surface area (Å²) in [6, 6.07) is 8.70. The lowest BCUT2D eigenvalue weighted by Crippen LogP contribution is -2.09. The Balaban J connectivity index is 1.90. The van der Waals surface area contributed by atoms with Gasteiger partial charge in [0.25, 0.3) is 0 Å². The maximum Gasteiger partial charge on any atom is 0.345 e. The Morgan fingerprint density at radius 3 is 2.55 bits per heavy atom. The first kappa shape index (κ1) is 20.5. The van der Waals surface area contributed by atoms with E-state index < -0.39 is 11.8 Å². The molecule has 29 heavy (non-hydrogen) atoms. The van der Waals surface area contributed by atoms with E-state index >= 15 is 0 Å². The van der Waals surface area contributed by atoms with Crippen LogP contribution < -0.4 is 9.47 Å². The minimum absolute atomic E-state index is 0.0375. The van der Waals surface area contributed by atoms with Crippen LogP contribution in [0.25, 0.3) is 0 Å². The maximum absolute atomic E-state index is 13.8. The molecule has 6 nitrogen and oxygen atoms in total. The van der Waals surface area contributed by atoms with Crippen molar-refractivity contribution in [1.29, 1.82) is 0 Å². The van der Waals surface area contributed by atoms with Crippen LogP contribution in [-0.2, 0) is 22.4 Å².